The first-order valence-electron chi connectivity index (χ1n) is 2.48. The molecule has 0 aromatic carbocycles. The molecule has 0 rings (SSSR count). The van der Waals surface area contributed by atoms with Crippen molar-refractivity contribution in [2.75, 3.05) is 0 Å². The monoisotopic (exact) mass is 222 g/mol. The van der Waals surface area contributed by atoms with Crippen molar-refractivity contribution in [2.24, 2.45) is 0 Å². The molecule has 0 aliphatic rings. The van der Waals surface area contributed by atoms with Gasteiger partial charge in [0.25, 0.3) is 0 Å². The number of carbonyl (C=O) groups is 3. The zero-order valence-electron chi connectivity index (χ0n) is 6.96. The number of aliphatic carboxylic acids is 2. The summed E-state index contributed by atoms with van der Waals surface area (Å²) in [6.45, 7) is 0. The molecule has 0 saturated heterocycles. The first-order chi connectivity index (χ1) is 4.54. The molecule has 0 amide bonds. The SMILES string of the molecule is O=C([O-])CCC(=O)C(=O)[O-].[K+].[K+]. The molecule has 0 aliphatic carbocycles. The van der Waals surface area contributed by atoms with Crippen LogP contribution in [0.1, 0.15) is 12.8 Å². The van der Waals surface area contributed by atoms with Crippen LogP contribution in [0, 0.1) is 0 Å². The third kappa shape index (κ3) is 11.9. The molecule has 0 bridgehead atoms. The van der Waals surface area contributed by atoms with Gasteiger partial charge in [-0.25, -0.2) is 0 Å². The van der Waals surface area contributed by atoms with Gasteiger partial charge in [-0.3, -0.25) is 4.79 Å². The van der Waals surface area contributed by atoms with Crippen LogP contribution in [0.4, 0.5) is 0 Å². The van der Waals surface area contributed by atoms with Gasteiger partial charge in [0.15, 0.2) is 5.78 Å². The second-order valence-corrected chi connectivity index (χ2v) is 1.58. The number of hydrogen-bond acceptors (Lipinski definition) is 5. The summed E-state index contributed by atoms with van der Waals surface area (Å²) < 4.78 is 0. The molecule has 0 unspecified atom stereocenters. The molecule has 0 saturated carbocycles. The summed E-state index contributed by atoms with van der Waals surface area (Å²) in [5, 5.41) is 19.3. The fourth-order valence-corrected chi connectivity index (χ4v) is 0.318. The maximum atomic E-state index is 10.1. The van der Waals surface area contributed by atoms with E-state index in [0.29, 0.717) is 0 Å². The Morgan fingerprint density at radius 1 is 0.917 bits per heavy atom. The van der Waals surface area contributed by atoms with E-state index in [2.05, 4.69) is 0 Å². The Balaban J connectivity index is -0.000000405. The first kappa shape index (κ1) is 19.5. The Kier molecular flexibility index (Phi) is 17.8. The Morgan fingerprint density at radius 2 is 1.33 bits per heavy atom. The van der Waals surface area contributed by atoms with Crippen LogP contribution in [0.25, 0.3) is 0 Å². The quantitative estimate of drug-likeness (QED) is 0.347. The topological polar surface area (TPSA) is 97.3 Å². The minimum Gasteiger partial charge on any atom is -0.550 e. The van der Waals surface area contributed by atoms with E-state index in [1.807, 2.05) is 0 Å². The van der Waals surface area contributed by atoms with Crippen LogP contribution in [0.5, 0.6) is 0 Å². The van der Waals surface area contributed by atoms with Gasteiger partial charge in [-0.2, -0.15) is 0 Å². The van der Waals surface area contributed by atoms with Crippen molar-refractivity contribution in [2.45, 2.75) is 12.8 Å². The molecule has 0 aliphatic heterocycles. The van der Waals surface area contributed by atoms with Crippen LogP contribution in [-0.2, 0) is 14.4 Å². The summed E-state index contributed by atoms with van der Waals surface area (Å²) in [6.07, 6.45) is -1.14. The fraction of sp³-hybridized carbons (Fsp3) is 0.400. The van der Waals surface area contributed by atoms with Gasteiger partial charge in [0, 0.05) is 12.4 Å². The number of rotatable bonds is 4. The van der Waals surface area contributed by atoms with E-state index in [9.17, 15) is 24.6 Å². The Hall–Kier alpha value is 1.88. The average molecular weight is 222 g/mol. The first-order valence-corrected chi connectivity index (χ1v) is 2.48. The van der Waals surface area contributed by atoms with Gasteiger partial charge < -0.3 is 19.8 Å². The molecular formula is C5H4K2O5. The molecule has 0 aromatic heterocycles. The molecular weight excluding hydrogens is 218 g/mol. The third-order valence-electron chi connectivity index (χ3n) is 0.784. The zero-order chi connectivity index (χ0) is 8.15. The predicted molar refractivity (Wildman–Crippen MR) is 24.3 cm³/mol. The maximum absolute atomic E-state index is 10.1. The van der Waals surface area contributed by atoms with Gasteiger partial charge in [0.2, 0.25) is 0 Å². The van der Waals surface area contributed by atoms with Gasteiger partial charge in [0.05, 0.1) is 0 Å². The minimum absolute atomic E-state index is 0. The molecule has 5 nitrogen and oxygen atoms in total. The van der Waals surface area contributed by atoms with Gasteiger partial charge in [-0.15, -0.1) is 0 Å². The number of Topliss-reactive ketones (excluding diaryl/α,β-unsaturated/α-hetero) is 1. The van der Waals surface area contributed by atoms with Crippen LogP contribution < -0.4 is 113 Å². The molecule has 0 N–H and O–H groups in total. The van der Waals surface area contributed by atoms with Gasteiger partial charge in [-0.1, -0.05) is 0 Å². The largest absolute Gasteiger partial charge is 1.00 e. The van der Waals surface area contributed by atoms with Crippen LogP contribution in [0.2, 0.25) is 0 Å². The molecule has 12 heavy (non-hydrogen) atoms. The van der Waals surface area contributed by atoms with Gasteiger partial charge in [-0.05, 0) is 6.42 Å². The van der Waals surface area contributed by atoms with Crippen molar-refractivity contribution in [3.63, 3.8) is 0 Å². The van der Waals surface area contributed by atoms with Crippen LogP contribution >= 0.6 is 0 Å². The van der Waals surface area contributed by atoms with E-state index in [1.54, 1.807) is 0 Å². The normalized spacial score (nSPS) is 7.33. The average Bonchev–Trinajstić information content (AvgIpc) is 1.82. The molecule has 0 aromatic rings. The van der Waals surface area contributed by atoms with E-state index in [0.717, 1.165) is 0 Å². The van der Waals surface area contributed by atoms with E-state index in [-0.39, 0.29) is 103 Å². The summed E-state index contributed by atoms with van der Waals surface area (Å²) in [7, 11) is 0. The minimum atomic E-state index is -1.86. The van der Waals surface area contributed by atoms with E-state index >= 15 is 0 Å². The number of carbonyl (C=O) groups excluding carboxylic acids is 3. The van der Waals surface area contributed by atoms with Crippen LogP contribution in [0.3, 0.4) is 0 Å². The van der Waals surface area contributed by atoms with Crippen molar-refractivity contribution in [1.82, 2.24) is 0 Å². The van der Waals surface area contributed by atoms with E-state index < -0.39 is 30.6 Å². The smallest absolute Gasteiger partial charge is 0.550 e. The Morgan fingerprint density at radius 3 is 1.58 bits per heavy atom. The number of carboxylic acid groups (broad SMARTS) is 2. The van der Waals surface area contributed by atoms with E-state index in [1.165, 1.54) is 0 Å². The van der Waals surface area contributed by atoms with Crippen molar-refractivity contribution in [1.29, 1.82) is 0 Å². The molecule has 0 atom stereocenters. The number of ketones is 1. The van der Waals surface area contributed by atoms with Gasteiger partial charge in [0.1, 0.15) is 5.97 Å². The maximum Gasteiger partial charge on any atom is 1.00 e. The predicted octanol–water partition coefficient (Wildman–Crippen LogP) is -9.16. The number of carboxylic acids is 2. The molecule has 0 fully saturated rings. The summed E-state index contributed by atoms with van der Waals surface area (Å²) >= 11 is 0. The number of hydrogen-bond donors (Lipinski definition) is 0. The summed E-state index contributed by atoms with van der Waals surface area (Å²) in [4.78, 5) is 29.4. The summed E-state index contributed by atoms with van der Waals surface area (Å²) in [5.74, 6) is -4.53. The second-order valence-electron chi connectivity index (χ2n) is 1.58. The van der Waals surface area contributed by atoms with Crippen LogP contribution in [-0.4, -0.2) is 17.7 Å². The molecule has 56 valence electrons. The summed E-state index contributed by atoms with van der Waals surface area (Å²) in [6, 6.07) is 0. The zero-order valence-corrected chi connectivity index (χ0v) is 13.2. The standard InChI is InChI=1S/C5H6O5.2K/c6-3(5(9)10)1-2-4(7)8;;/h1-2H2,(H,7,8)(H,9,10);;/q;2*+1/p-2. The molecule has 7 heteroatoms. The van der Waals surface area contributed by atoms with Crippen molar-refractivity contribution in [3.8, 4) is 0 Å². The van der Waals surface area contributed by atoms with Crippen LogP contribution in [0.15, 0.2) is 0 Å². The van der Waals surface area contributed by atoms with Crippen molar-refractivity contribution in [3.05, 3.63) is 0 Å². The van der Waals surface area contributed by atoms with Crippen molar-refractivity contribution < 1.29 is 127 Å². The Bertz CT molecular complexity index is 179. The fourth-order valence-electron chi connectivity index (χ4n) is 0.318. The van der Waals surface area contributed by atoms with Crippen molar-refractivity contribution >= 4 is 17.7 Å². The molecule has 0 spiro atoms. The van der Waals surface area contributed by atoms with E-state index in [4.69, 9.17) is 0 Å². The van der Waals surface area contributed by atoms with Gasteiger partial charge >= 0.3 is 103 Å². The second kappa shape index (κ2) is 11.0. The molecule has 0 radical (unpaired) electrons. The summed E-state index contributed by atoms with van der Waals surface area (Å²) in [5.41, 5.74) is 0. The molecule has 0 heterocycles. The third-order valence-corrected chi connectivity index (χ3v) is 0.784. The Labute approximate surface area is 154 Å².